The maximum absolute atomic E-state index is 12.4. The van der Waals surface area contributed by atoms with Gasteiger partial charge in [-0.3, -0.25) is 9.59 Å². The Bertz CT molecular complexity index is 776. The quantitative estimate of drug-likeness (QED) is 0.765. The Morgan fingerprint density at radius 3 is 3.00 bits per heavy atom. The Labute approximate surface area is 165 Å². The van der Waals surface area contributed by atoms with E-state index in [0.717, 1.165) is 43.4 Å². The first-order valence-corrected chi connectivity index (χ1v) is 10.3. The molecule has 1 saturated carbocycles. The van der Waals surface area contributed by atoms with Gasteiger partial charge in [0.2, 0.25) is 18.6 Å². The van der Waals surface area contributed by atoms with Gasteiger partial charge >= 0.3 is 0 Å². The number of carbonyl (C=O) groups excluding carboxylic acids is 2. The average Bonchev–Trinajstić information content (AvgIpc) is 3.14. The molecule has 3 aliphatic rings. The molecule has 4 atom stereocenters. The number of benzene rings is 1. The van der Waals surface area contributed by atoms with Crippen molar-refractivity contribution in [2.45, 2.75) is 57.5 Å². The fraction of sp³-hybridized carbons (Fsp3) is 0.545. The Hall–Kier alpha value is -2.50. The first-order valence-electron chi connectivity index (χ1n) is 10.3. The third-order valence-corrected chi connectivity index (χ3v) is 6.13. The van der Waals surface area contributed by atoms with E-state index in [0.29, 0.717) is 24.0 Å². The molecule has 2 amide bonds. The molecular formula is C22H28N2O4. The number of carbonyl (C=O) groups is 2. The van der Waals surface area contributed by atoms with Crippen LogP contribution in [0.15, 0.2) is 24.3 Å². The summed E-state index contributed by atoms with van der Waals surface area (Å²) in [6, 6.07) is 5.90. The van der Waals surface area contributed by atoms with Crippen LogP contribution in [0, 0.1) is 11.8 Å². The van der Waals surface area contributed by atoms with Crippen molar-refractivity contribution in [3.63, 3.8) is 0 Å². The number of ether oxygens (including phenoxy) is 2. The summed E-state index contributed by atoms with van der Waals surface area (Å²) in [7, 11) is 0. The molecule has 0 radical (unpaired) electrons. The van der Waals surface area contributed by atoms with Gasteiger partial charge in [-0.2, -0.15) is 0 Å². The summed E-state index contributed by atoms with van der Waals surface area (Å²) in [4.78, 5) is 24.4. The number of fused-ring (bicyclic) bond motifs is 2. The second-order valence-corrected chi connectivity index (χ2v) is 8.06. The van der Waals surface area contributed by atoms with E-state index >= 15 is 0 Å². The van der Waals surface area contributed by atoms with Crippen LogP contribution < -0.4 is 20.1 Å². The average molecular weight is 384 g/mol. The first-order chi connectivity index (χ1) is 13.6. The van der Waals surface area contributed by atoms with Crippen LogP contribution in [-0.4, -0.2) is 30.7 Å². The van der Waals surface area contributed by atoms with Crippen molar-refractivity contribution in [2.24, 2.45) is 11.8 Å². The van der Waals surface area contributed by atoms with Crippen LogP contribution in [0.3, 0.4) is 0 Å². The van der Waals surface area contributed by atoms with Gasteiger partial charge in [-0.25, -0.2) is 0 Å². The molecular weight excluding hydrogens is 356 g/mol. The molecule has 28 heavy (non-hydrogen) atoms. The van der Waals surface area contributed by atoms with E-state index in [1.54, 1.807) is 12.2 Å². The summed E-state index contributed by atoms with van der Waals surface area (Å²) >= 11 is 0. The maximum atomic E-state index is 12.4. The Morgan fingerprint density at radius 1 is 1.29 bits per heavy atom. The molecule has 2 heterocycles. The smallest absolute Gasteiger partial charge is 0.244 e. The molecule has 1 aliphatic carbocycles. The van der Waals surface area contributed by atoms with Crippen molar-refractivity contribution in [3.05, 3.63) is 29.8 Å². The third-order valence-electron chi connectivity index (χ3n) is 6.13. The van der Waals surface area contributed by atoms with Gasteiger partial charge in [0.15, 0.2) is 11.5 Å². The summed E-state index contributed by atoms with van der Waals surface area (Å²) in [5, 5.41) is 6.26. The molecule has 4 rings (SSSR count). The van der Waals surface area contributed by atoms with Crippen LogP contribution in [0.5, 0.6) is 11.5 Å². The van der Waals surface area contributed by atoms with Gasteiger partial charge in [-0.05, 0) is 61.3 Å². The Kier molecular flexibility index (Phi) is 5.55. The minimum absolute atomic E-state index is 0.103. The molecule has 4 unspecified atom stereocenters. The van der Waals surface area contributed by atoms with Gasteiger partial charge in [-0.1, -0.05) is 19.4 Å². The van der Waals surface area contributed by atoms with Crippen LogP contribution in [-0.2, 0) is 9.59 Å². The van der Waals surface area contributed by atoms with Gasteiger partial charge in [-0.15, -0.1) is 0 Å². The molecule has 6 nitrogen and oxygen atoms in total. The van der Waals surface area contributed by atoms with Crippen LogP contribution in [0.1, 0.15) is 51.0 Å². The zero-order valence-electron chi connectivity index (χ0n) is 16.3. The van der Waals surface area contributed by atoms with Gasteiger partial charge in [0.05, 0.1) is 0 Å². The van der Waals surface area contributed by atoms with Crippen molar-refractivity contribution in [3.8, 4) is 11.5 Å². The molecule has 2 fully saturated rings. The molecule has 0 spiro atoms. The zero-order chi connectivity index (χ0) is 19.5. The lowest BCUT2D eigenvalue weighted by atomic mass is 9.70. The second-order valence-electron chi connectivity index (χ2n) is 8.06. The minimum Gasteiger partial charge on any atom is -0.454 e. The monoisotopic (exact) mass is 384 g/mol. The fourth-order valence-corrected chi connectivity index (χ4v) is 4.84. The highest BCUT2D eigenvalue weighted by molar-refractivity contribution is 5.92. The summed E-state index contributed by atoms with van der Waals surface area (Å²) in [5.74, 6) is 2.54. The van der Waals surface area contributed by atoms with Crippen molar-refractivity contribution in [2.75, 3.05) is 6.79 Å². The molecule has 1 aromatic rings. The normalized spacial score (nSPS) is 28.7. The third kappa shape index (κ3) is 4.16. The molecule has 150 valence electrons. The standard InChI is InChI=1S/C22H28N2O4/c1-2-3-15-11-22(26)24-18-12-16(6-7-17(15)18)23-21(25)9-5-14-4-8-19-20(10-14)28-13-27-19/h4-5,8-10,15-18H,2-3,6-7,11-13H2,1H3,(H,23,25)(H,24,26)/b9-5-. The largest absolute Gasteiger partial charge is 0.454 e. The van der Waals surface area contributed by atoms with E-state index < -0.39 is 0 Å². The summed E-state index contributed by atoms with van der Waals surface area (Å²) < 4.78 is 10.7. The second kappa shape index (κ2) is 8.25. The molecule has 0 aromatic heterocycles. The van der Waals surface area contributed by atoms with Crippen LogP contribution in [0.25, 0.3) is 6.08 Å². The Balaban J connectivity index is 1.32. The van der Waals surface area contributed by atoms with Crippen LogP contribution in [0.4, 0.5) is 0 Å². The minimum atomic E-state index is -0.103. The van der Waals surface area contributed by atoms with E-state index in [2.05, 4.69) is 17.6 Å². The number of piperidine rings is 1. The lowest BCUT2D eigenvalue weighted by Gasteiger charge is -2.44. The fourth-order valence-electron chi connectivity index (χ4n) is 4.84. The lowest BCUT2D eigenvalue weighted by Crippen LogP contribution is -2.55. The molecule has 1 saturated heterocycles. The predicted octanol–water partition coefficient (Wildman–Crippen LogP) is 3.02. The molecule has 6 heteroatoms. The summed E-state index contributed by atoms with van der Waals surface area (Å²) in [6.07, 6.45) is 9.08. The predicted molar refractivity (Wildman–Crippen MR) is 106 cm³/mol. The number of nitrogens with one attached hydrogen (secondary N) is 2. The van der Waals surface area contributed by atoms with Gasteiger partial charge in [0.1, 0.15) is 0 Å². The van der Waals surface area contributed by atoms with E-state index in [9.17, 15) is 9.59 Å². The molecule has 0 bridgehead atoms. The number of hydrogen-bond donors (Lipinski definition) is 2. The molecule has 1 aromatic carbocycles. The van der Waals surface area contributed by atoms with Crippen molar-refractivity contribution in [1.82, 2.24) is 10.6 Å². The number of amides is 2. The van der Waals surface area contributed by atoms with Crippen LogP contribution in [0.2, 0.25) is 0 Å². The lowest BCUT2D eigenvalue weighted by molar-refractivity contribution is -0.127. The topological polar surface area (TPSA) is 76.7 Å². The highest BCUT2D eigenvalue weighted by Gasteiger charge is 2.40. The van der Waals surface area contributed by atoms with Gasteiger partial charge < -0.3 is 20.1 Å². The van der Waals surface area contributed by atoms with Crippen LogP contribution >= 0.6 is 0 Å². The SMILES string of the molecule is CCCC1CC(=O)NC2CC(NC(=O)/C=C\c3ccc4c(c3)OCO4)CCC12. The van der Waals surface area contributed by atoms with E-state index in [1.807, 2.05) is 18.2 Å². The van der Waals surface area contributed by atoms with Crippen molar-refractivity contribution < 1.29 is 19.1 Å². The molecule has 2 aliphatic heterocycles. The van der Waals surface area contributed by atoms with E-state index in [1.165, 1.54) is 0 Å². The Morgan fingerprint density at radius 2 is 2.14 bits per heavy atom. The van der Waals surface area contributed by atoms with E-state index in [-0.39, 0.29) is 30.7 Å². The maximum Gasteiger partial charge on any atom is 0.244 e. The number of rotatable bonds is 5. The number of hydrogen-bond acceptors (Lipinski definition) is 4. The highest BCUT2D eigenvalue weighted by Crippen LogP contribution is 2.37. The zero-order valence-corrected chi connectivity index (χ0v) is 16.3. The first kappa shape index (κ1) is 18.8. The summed E-state index contributed by atoms with van der Waals surface area (Å²) in [5.41, 5.74) is 0.894. The van der Waals surface area contributed by atoms with Crippen molar-refractivity contribution >= 4 is 17.9 Å². The van der Waals surface area contributed by atoms with Gasteiger partial charge in [0.25, 0.3) is 0 Å². The highest BCUT2D eigenvalue weighted by atomic mass is 16.7. The van der Waals surface area contributed by atoms with Crippen molar-refractivity contribution in [1.29, 1.82) is 0 Å². The molecule has 2 N–H and O–H groups in total. The summed E-state index contributed by atoms with van der Waals surface area (Å²) in [6.45, 7) is 2.42. The van der Waals surface area contributed by atoms with E-state index in [4.69, 9.17) is 9.47 Å². The van der Waals surface area contributed by atoms with Gasteiger partial charge in [0, 0.05) is 24.6 Å².